The van der Waals surface area contributed by atoms with E-state index in [9.17, 15) is 19.5 Å². The van der Waals surface area contributed by atoms with E-state index in [0.29, 0.717) is 46.0 Å². The fourth-order valence-corrected chi connectivity index (χ4v) is 4.71. The Balaban J connectivity index is 1.48. The van der Waals surface area contributed by atoms with E-state index < -0.39 is 17.8 Å². The van der Waals surface area contributed by atoms with Crippen LogP contribution in [0.1, 0.15) is 68.6 Å². The molecule has 0 saturated carbocycles. The molecule has 0 bridgehead atoms. The third-order valence-corrected chi connectivity index (χ3v) is 7.05. The average Bonchev–Trinajstić information content (AvgIpc) is 3.02. The maximum atomic E-state index is 13.5. The molecule has 0 unspecified atom stereocenters. The predicted octanol–water partition coefficient (Wildman–Crippen LogP) is 8.13. The highest BCUT2D eigenvalue weighted by Crippen LogP contribution is 2.39. The molecule has 9 heteroatoms. The third-order valence-electron chi connectivity index (χ3n) is 7.05. The van der Waals surface area contributed by atoms with Crippen LogP contribution in [-0.4, -0.2) is 34.6 Å². The molecule has 0 aliphatic heterocycles. The minimum atomic E-state index is -1.04. The number of fused-ring (bicyclic) bond motifs is 1. The van der Waals surface area contributed by atoms with Gasteiger partial charge < -0.3 is 30.3 Å². The number of benzene rings is 4. The van der Waals surface area contributed by atoms with Crippen LogP contribution in [0.15, 0.2) is 78.9 Å². The fourth-order valence-electron chi connectivity index (χ4n) is 4.71. The standard InChI is InChI=1S/C35H38N2O7/c1-2-3-4-5-6-11-22-43-30-15-10-9-14-29(30)37-35(42)28-23-31(26-12-7-8-13-27(26)34(28)41)44-25-18-16-24(17-19-25)36-32(38)20-21-33(39)40/h7-10,12-19,23,41H,2-6,11,20-22H2,1H3,(H,36,38)(H,37,42)(H,39,40). The lowest BCUT2D eigenvalue weighted by Gasteiger charge is -2.16. The number of aliphatic carboxylic acids is 1. The van der Waals surface area contributed by atoms with E-state index in [1.807, 2.05) is 12.1 Å². The molecular weight excluding hydrogens is 560 g/mol. The van der Waals surface area contributed by atoms with Gasteiger partial charge in [0.15, 0.2) is 0 Å². The fraction of sp³-hybridized carbons (Fsp3) is 0.286. The molecule has 0 aliphatic carbocycles. The number of anilines is 2. The lowest BCUT2D eigenvalue weighted by molar-refractivity contribution is -0.138. The highest BCUT2D eigenvalue weighted by atomic mass is 16.5. The number of rotatable bonds is 16. The zero-order valence-corrected chi connectivity index (χ0v) is 24.8. The molecule has 4 aromatic rings. The Morgan fingerprint density at radius 1 is 0.750 bits per heavy atom. The summed E-state index contributed by atoms with van der Waals surface area (Å²) in [6.45, 7) is 2.74. The number of unbranched alkanes of at least 4 members (excludes halogenated alkanes) is 5. The van der Waals surface area contributed by atoms with Crippen LogP contribution in [0.25, 0.3) is 10.8 Å². The molecule has 0 heterocycles. The van der Waals surface area contributed by atoms with Crippen LogP contribution >= 0.6 is 0 Å². The number of para-hydroxylation sites is 2. The zero-order valence-electron chi connectivity index (χ0n) is 24.8. The molecule has 9 nitrogen and oxygen atoms in total. The van der Waals surface area contributed by atoms with Crippen LogP contribution in [0.3, 0.4) is 0 Å². The number of carboxylic acids is 1. The minimum absolute atomic E-state index is 0.0340. The zero-order chi connectivity index (χ0) is 31.3. The summed E-state index contributed by atoms with van der Waals surface area (Å²) in [6, 6.07) is 22.3. The van der Waals surface area contributed by atoms with Gasteiger partial charge in [0.1, 0.15) is 23.0 Å². The largest absolute Gasteiger partial charge is 0.506 e. The van der Waals surface area contributed by atoms with Crippen molar-refractivity contribution in [2.45, 2.75) is 58.3 Å². The summed E-state index contributed by atoms with van der Waals surface area (Å²) in [4.78, 5) is 36.2. The van der Waals surface area contributed by atoms with Crippen molar-refractivity contribution in [1.82, 2.24) is 0 Å². The Morgan fingerprint density at radius 2 is 1.43 bits per heavy atom. The number of ether oxygens (including phenoxy) is 2. The molecule has 44 heavy (non-hydrogen) atoms. The molecule has 230 valence electrons. The van der Waals surface area contributed by atoms with Crippen molar-refractivity contribution in [2.75, 3.05) is 17.2 Å². The molecule has 0 aromatic heterocycles. The summed E-state index contributed by atoms with van der Waals surface area (Å²) in [5, 5.41) is 26.4. The quantitative estimate of drug-likeness (QED) is 0.0957. The summed E-state index contributed by atoms with van der Waals surface area (Å²) in [7, 11) is 0. The molecule has 4 N–H and O–H groups in total. The van der Waals surface area contributed by atoms with Gasteiger partial charge in [-0.3, -0.25) is 14.4 Å². The monoisotopic (exact) mass is 598 g/mol. The van der Waals surface area contributed by atoms with Crippen molar-refractivity contribution in [3.63, 3.8) is 0 Å². The van der Waals surface area contributed by atoms with Crippen LogP contribution in [0.4, 0.5) is 11.4 Å². The van der Waals surface area contributed by atoms with Gasteiger partial charge in [-0.2, -0.15) is 0 Å². The first-order valence-electron chi connectivity index (χ1n) is 14.9. The predicted molar refractivity (Wildman–Crippen MR) is 171 cm³/mol. The van der Waals surface area contributed by atoms with Crippen molar-refractivity contribution in [2.24, 2.45) is 0 Å². The summed E-state index contributed by atoms with van der Waals surface area (Å²) in [5.74, 6) is -0.793. The third kappa shape index (κ3) is 8.97. The number of carbonyl (C=O) groups is 3. The van der Waals surface area contributed by atoms with E-state index in [2.05, 4.69) is 17.6 Å². The number of carboxylic acid groups (broad SMARTS) is 1. The molecule has 0 atom stereocenters. The lowest BCUT2D eigenvalue weighted by Crippen LogP contribution is -2.14. The van der Waals surface area contributed by atoms with Crippen molar-refractivity contribution in [3.05, 3.63) is 84.4 Å². The molecule has 0 aliphatic rings. The second kappa shape index (κ2) is 16.0. The molecule has 2 amide bonds. The number of nitrogens with one attached hydrogen (secondary N) is 2. The van der Waals surface area contributed by atoms with Gasteiger partial charge in [0, 0.05) is 22.9 Å². The Kier molecular flexibility index (Phi) is 11.6. The van der Waals surface area contributed by atoms with Crippen molar-refractivity contribution in [1.29, 1.82) is 0 Å². The van der Waals surface area contributed by atoms with Crippen molar-refractivity contribution in [3.8, 4) is 23.0 Å². The first kappa shape index (κ1) is 31.9. The van der Waals surface area contributed by atoms with Crippen LogP contribution in [0.5, 0.6) is 23.0 Å². The highest BCUT2D eigenvalue weighted by molar-refractivity contribution is 6.11. The van der Waals surface area contributed by atoms with Crippen LogP contribution in [-0.2, 0) is 9.59 Å². The molecule has 0 saturated heterocycles. The molecular formula is C35H38N2O7. The van der Waals surface area contributed by atoms with E-state index in [4.69, 9.17) is 14.6 Å². The van der Waals surface area contributed by atoms with Gasteiger partial charge >= 0.3 is 5.97 Å². The van der Waals surface area contributed by atoms with E-state index in [1.165, 1.54) is 31.7 Å². The number of hydrogen-bond donors (Lipinski definition) is 4. The number of aromatic hydroxyl groups is 1. The topological polar surface area (TPSA) is 134 Å². The summed E-state index contributed by atoms with van der Waals surface area (Å²) in [5.41, 5.74) is 1.02. The molecule has 0 spiro atoms. The number of amides is 2. The van der Waals surface area contributed by atoms with E-state index in [0.717, 1.165) is 12.8 Å². The SMILES string of the molecule is CCCCCCCCOc1ccccc1NC(=O)c1cc(Oc2ccc(NC(=O)CCC(=O)O)cc2)c2ccccc2c1O. The summed E-state index contributed by atoms with van der Waals surface area (Å²) >= 11 is 0. The van der Waals surface area contributed by atoms with Gasteiger partial charge in [0.05, 0.1) is 24.3 Å². The number of phenols is 1. The first-order valence-corrected chi connectivity index (χ1v) is 14.9. The number of carbonyl (C=O) groups excluding carboxylic acids is 2. The minimum Gasteiger partial charge on any atom is -0.506 e. The summed E-state index contributed by atoms with van der Waals surface area (Å²) in [6.07, 6.45) is 6.48. The Morgan fingerprint density at radius 3 is 2.18 bits per heavy atom. The Labute approximate surface area is 256 Å². The molecule has 0 fully saturated rings. The highest BCUT2D eigenvalue weighted by Gasteiger charge is 2.20. The van der Waals surface area contributed by atoms with Gasteiger partial charge in [0.25, 0.3) is 5.91 Å². The normalized spacial score (nSPS) is 10.8. The Bertz CT molecular complexity index is 1580. The van der Waals surface area contributed by atoms with Gasteiger partial charge in [-0.15, -0.1) is 0 Å². The smallest absolute Gasteiger partial charge is 0.303 e. The second-order valence-electron chi connectivity index (χ2n) is 10.5. The maximum absolute atomic E-state index is 13.5. The van der Waals surface area contributed by atoms with Gasteiger partial charge in [0.2, 0.25) is 5.91 Å². The molecule has 4 rings (SSSR count). The van der Waals surface area contributed by atoms with Crippen LogP contribution < -0.4 is 20.1 Å². The maximum Gasteiger partial charge on any atom is 0.303 e. The van der Waals surface area contributed by atoms with E-state index in [-0.39, 0.29) is 24.2 Å². The van der Waals surface area contributed by atoms with Crippen molar-refractivity contribution < 1.29 is 34.1 Å². The van der Waals surface area contributed by atoms with Gasteiger partial charge in [-0.1, -0.05) is 75.4 Å². The molecule has 0 radical (unpaired) electrons. The second-order valence-corrected chi connectivity index (χ2v) is 10.5. The number of hydrogen-bond acceptors (Lipinski definition) is 6. The van der Waals surface area contributed by atoms with Gasteiger partial charge in [-0.05, 0) is 48.9 Å². The van der Waals surface area contributed by atoms with E-state index in [1.54, 1.807) is 60.7 Å². The molecule has 4 aromatic carbocycles. The summed E-state index contributed by atoms with van der Waals surface area (Å²) < 4.78 is 12.1. The number of phenolic OH excluding ortho intramolecular Hbond substituents is 1. The Hall–Kier alpha value is -5.05. The average molecular weight is 599 g/mol. The first-order chi connectivity index (χ1) is 21.4. The van der Waals surface area contributed by atoms with E-state index >= 15 is 0 Å². The van der Waals surface area contributed by atoms with Crippen molar-refractivity contribution >= 4 is 39.9 Å². The van der Waals surface area contributed by atoms with Crippen LogP contribution in [0.2, 0.25) is 0 Å². The lowest BCUT2D eigenvalue weighted by atomic mass is 10.0. The van der Waals surface area contributed by atoms with Gasteiger partial charge in [-0.25, -0.2) is 0 Å². The van der Waals surface area contributed by atoms with Crippen LogP contribution in [0, 0.1) is 0 Å².